The Morgan fingerprint density at radius 1 is 1.00 bits per heavy atom. The predicted octanol–water partition coefficient (Wildman–Crippen LogP) is 3.80. The molecule has 25 heavy (non-hydrogen) atoms. The highest BCUT2D eigenvalue weighted by atomic mass is 32.2. The van der Waals surface area contributed by atoms with Gasteiger partial charge in [0, 0.05) is 43.3 Å². The molecule has 0 aliphatic carbocycles. The molecular formula is C20H25N3OS. The van der Waals surface area contributed by atoms with Crippen molar-refractivity contribution in [3.05, 3.63) is 60.2 Å². The van der Waals surface area contributed by atoms with Crippen molar-refractivity contribution in [3.8, 4) is 0 Å². The summed E-state index contributed by atoms with van der Waals surface area (Å²) in [5, 5.41) is 2.99. The highest BCUT2D eigenvalue weighted by Gasteiger charge is 2.20. The Morgan fingerprint density at radius 2 is 1.68 bits per heavy atom. The molecule has 0 radical (unpaired) electrons. The van der Waals surface area contributed by atoms with Crippen LogP contribution in [-0.4, -0.2) is 54.8 Å². The number of nitrogens with one attached hydrogen (secondary N) is 1. The number of piperazine rings is 1. The fraction of sp³-hybridized carbons (Fsp3) is 0.350. The van der Waals surface area contributed by atoms with Crippen molar-refractivity contribution in [1.82, 2.24) is 9.80 Å². The van der Waals surface area contributed by atoms with Gasteiger partial charge < -0.3 is 10.2 Å². The first-order valence-electron chi connectivity index (χ1n) is 8.71. The first kappa shape index (κ1) is 17.8. The molecule has 0 saturated carbocycles. The molecule has 1 N–H and O–H groups in total. The first-order valence-corrected chi connectivity index (χ1v) is 9.93. The minimum absolute atomic E-state index is 0.000360. The summed E-state index contributed by atoms with van der Waals surface area (Å²) < 4.78 is 0. The van der Waals surface area contributed by atoms with Crippen molar-refractivity contribution in [2.75, 3.05) is 44.3 Å². The van der Waals surface area contributed by atoms with Crippen molar-refractivity contribution in [3.63, 3.8) is 0 Å². The summed E-state index contributed by atoms with van der Waals surface area (Å²) >= 11 is 1.70. The highest BCUT2D eigenvalue weighted by Crippen LogP contribution is 2.18. The quantitative estimate of drug-likeness (QED) is 0.829. The lowest BCUT2D eigenvalue weighted by Gasteiger charge is -2.34. The smallest absolute Gasteiger partial charge is 0.321 e. The molecule has 1 heterocycles. The molecule has 132 valence electrons. The van der Waals surface area contributed by atoms with Crippen molar-refractivity contribution < 1.29 is 4.79 Å². The van der Waals surface area contributed by atoms with E-state index in [0.29, 0.717) is 0 Å². The van der Waals surface area contributed by atoms with Gasteiger partial charge >= 0.3 is 6.03 Å². The van der Waals surface area contributed by atoms with Crippen molar-refractivity contribution >= 4 is 23.5 Å². The van der Waals surface area contributed by atoms with E-state index in [0.717, 1.165) is 44.8 Å². The third kappa shape index (κ3) is 5.25. The molecule has 2 amide bonds. The minimum atomic E-state index is -0.000360. The maximum Gasteiger partial charge on any atom is 0.321 e. The van der Waals surface area contributed by atoms with Crippen LogP contribution >= 0.6 is 11.8 Å². The molecule has 0 bridgehead atoms. The summed E-state index contributed by atoms with van der Waals surface area (Å²) in [4.78, 5) is 17.9. The van der Waals surface area contributed by atoms with Gasteiger partial charge in [0.2, 0.25) is 0 Å². The minimum Gasteiger partial charge on any atom is -0.322 e. The monoisotopic (exact) mass is 355 g/mol. The second kappa shape index (κ2) is 8.92. The fourth-order valence-electron chi connectivity index (χ4n) is 2.98. The molecule has 0 spiro atoms. The maximum absolute atomic E-state index is 12.4. The predicted molar refractivity (Wildman–Crippen MR) is 105 cm³/mol. The zero-order valence-electron chi connectivity index (χ0n) is 14.6. The summed E-state index contributed by atoms with van der Waals surface area (Å²) in [6, 6.07) is 18.5. The number of carbonyl (C=O) groups is 1. The van der Waals surface area contributed by atoms with Gasteiger partial charge in [-0.2, -0.15) is 0 Å². The number of anilines is 1. The largest absolute Gasteiger partial charge is 0.322 e. The van der Waals surface area contributed by atoms with Gasteiger partial charge in [0.1, 0.15) is 0 Å². The van der Waals surface area contributed by atoms with E-state index in [1.807, 2.05) is 35.4 Å². The van der Waals surface area contributed by atoms with Gasteiger partial charge in [-0.1, -0.05) is 30.3 Å². The molecule has 1 aliphatic rings. The summed E-state index contributed by atoms with van der Waals surface area (Å²) in [6.07, 6.45) is 3.11. The summed E-state index contributed by atoms with van der Waals surface area (Å²) in [7, 11) is 0. The normalized spacial score (nSPS) is 15.2. The molecule has 2 aromatic rings. The Bertz CT molecular complexity index is 667. The van der Waals surface area contributed by atoms with Gasteiger partial charge in [-0.3, -0.25) is 4.90 Å². The van der Waals surface area contributed by atoms with Gasteiger partial charge in [0.05, 0.1) is 0 Å². The highest BCUT2D eigenvalue weighted by molar-refractivity contribution is 7.98. The Kier molecular flexibility index (Phi) is 6.36. The van der Waals surface area contributed by atoms with Crippen LogP contribution in [0, 0.1) is 0 Å². The number of nitrogens with zero attached hydrogens (tertiary/aromatic N) is 2. The van der Waals surface area contributed by atoms with Crippen LogP contribution in [0.3, 0.4) is 0 Å². The van der Waals surface area contributed by atoms with Crippen LogP contribution in [0.4, 0.5) is 10.5 Å². The Hall–Kier alpha value is -1.98. The van der Waals surface area contributed by atoms with Crippen LogP contribution in [0.25, 0.3) is 0 Å². The number of urea groups is 1. The Labute approximate surface area is 154 Å². The summed E-state index contributed by atoms with van der Waals surface area (Å²) in [6.45, 7) is 4.49. The number of thioether (sulfide) groups is 1. The van der Waals surface area contributed by atoms with E-state index in [4.69, 9.17) is 0 Å². The fourth-order valence-corrected chi connectivity index (χ4v) is 3.39. The van der Waals surface area contributed by atoms with E-state index >= 15 is 0 Å². The number of benzene rings is 2. The number of rotatable bonds is 5. The summed E-state index contributed by atoms with van der Waals surface area (Å²) in [5.41, 5.74) is 2.23. The van der Waals surface area contributed by atoms with Crippen LogP contribution < -0.4 is 5.32 Å². The number of hydrogen-bond donors (Lipinski definition) is 1. The second-order valence-corrected chi connectivity index (χ2v) is 7.10. The summed E-state index contributed by atoms with van der Waals surface area (Å²) in [5.74, 6) is 0. The van der Waals surface area contributed by atoms with E-state index in [9.17, 15) is 4.79 Å². The second-order valence-electron chi connectivity index (χ2n) is 6.22. The zero-order valence-corrected chi connectivity index (χ0v) is 15.5. The van der Waals surface area contributed by atoms with Crippen molar-refractivity contribution in [2.24, 2.45) is 0 Å². The molecule has 1 fully saturated rings. The van der Waals surface area contributed by atoms with Crippen LogP contribution in [0.5, 0.6) is 0 Å². The average Bonchev–Trinajstić information content (AvgIpc) is 2.68. The van der Waals surface area contributed by atoms with Gasteiger partial charge in [0.15, 0.2) is 0 Å². The van der Waals surface area contributed by atoms with E-state index in [1.165, 1.54) is 10.5 Å². The maximum atomic E-state index is 12.4. The van der Waals surface area contributed by atoms with E-state index < -0.39 is 0 Å². The first-order chi connectivity index (χ1) is 12.2. The molecule has 3 rings (SSSR count). The van der Waals surface area contributed by atoms with Crippen LogP contribution in [-0.2, 0) is 6.42 Å². The van der Waals surface area contributed by atoms with E-state index in [2.05, 4.69) is 40.5 Å². The van der Waals surface area contributed by atoms with Gasteiger partial charge in [0.25, 0.3) is 0 Å². The topological polar surface area (TPSA) is 35.6 Å². The van der Waals surface area contributed by atoms with Gasteiger partial charge in [-0.25, -0.2) is 4.79 Å². The zero-order chi connectivity index (χ0) is 17.5. The van der Waals surface area contributed by atoms with E-state index in [-0.39, 0.29) is 6.03 Å². The molecule has 2 aromatic carbocycles. The van der Waals surface area contributed by atoms with Crippen molar-refractivity contribution in [2.45, 2.75) is 11.3 Å². The molecule has 0 unspecified atom stereocenters. The SMILES string of the molecule is CSc1ccc(NC(=O)N2CCN(CCc3ccccc3)CC2)cc1. The number of carbonyl (C=O) groups excluding carboxylic acids is 1. The standard InChI is InChI=1S/C20H25N3OS/c1-25-19-9-7-18(8-10-19)21-20(24)23-15-13-22(14-16-23)12-11-17-5-3-2-4-6-17/h2-10H,11-16H2,1H3,(H,21,24). The molecule has 0 aromatic heterocycles. The lowest BCUT2D eigenvalue weighted by atomic mass is 10.1. The van der Waals surface area contributed by atoms with Crippen LogP contribution in [0.1, 0.15) is 5.56 Å². The Morgan fingerprint density at radius 3 is 2.32 bits per heavy atom. The Balaban J connectivity index is 1.42. The molecule has 1 aliphatic heterocycles. The molecule has 5 heteroatoms. The van der Waals surface area contributed by atoms with Gasteiger partial charge in [-0.15, -0.1) is 11.8 Å². The number of amides is 2. The number of hydrogen-bond acceptors (Lipinski definition) is 3. The lowest BCUT2D eigenvalue weighted by molar-refractivity contribution is 0.148. The molecule has 1 saturated heterocycles. The third-order valence-electron chi connectivity index (χ3n) is 4.56. The lowest BCUT2D eigenvalue weighted by Crippen LogP contribution is -2.50. The van der Waals surface area contributed by atoms with Crippen LogP contribution in [0.2, 0.25) is 0 Å². The van der Waals surface area contributed by atoms with Crippen molar-refractivity contribution in [1.29, 1.82) is 0 Å². The molecule has 4 nitrogen and oxygen atoms in total. The third-order valence-corrected chi connectivity index (χ3v) is 5.30. The van der Waals surface area contributed by atoms with Gasteiger partial charge in [-0.05, 0) is 42.5 Å². The molecular weight excluding hydrogens is 330 g/mol. The molecule has 0 atom stereocenters. The average molecular weight is 356 g/mol. The van der Waals surface area contributed by atoms with E-state index in [1.54, 1.807) is 11.8 Å². The van der Waals surface area contributed by atoms with Crippen LogP contribution in [0.15, 0.2) is 59.5 Å².